The first kappa shape index (κ1) is 16.7. The van der Waals surface area contributed by atoms with Crippen LogP contribution in [0.1, 0.15) is 24.9 Å². The summed E-state index contributed by atoms with van der Waals surface area (Å²) in [6, 6.07) is 5.96. The number of nitrogens with zero attached hydrogens (tertiary/aromatic N) is 1. The molecule has 0 aromatic heterocycles. The summed E-state index contributed by atoms with van der Waals surface area (Å²) in [5.74, 6) is 0.180. The molecule has 6 heteroatoms. The van der Waals surface area contributed by atoms with E-state index >= 15 is 0 Å². The first-order chi connectivity index (χ1) is 10.1. The van der Waals surface area contributed by atoms with Gasteiger partial charge >= 0.3 is 0 Å². The Balaban J connectivity index is 1.78. The van der Waals surface area contributed by atoms with Gasteiger partial charge in [0.1, 0.15) is 0 Å². The van der Waals surface area contributed by atoms with Crippen LogP contribution >= 0.6 is 27.5 Å². The number of nitrogens with one attached hydrogen (secondary N) is 1. The van der Waals surface area contributed by atoms with Gasteiger partial charge in [-0.3, -0.25) is 4.79 Å². The van der Waals surface area contributed by atoms with E-state index in [2.05, 4.69) is 21.2 Å². The van der Waals surface area contributed by atoms with Gasteiger partial charge in [0.25, 0.3) is 0 Å². The van der Waals surface area contributed by atoms with Crippen molar-refractivity contribution >= 4 is 33.4 Å². The molecule has 0 spiro atoms. The van der Waals surface area contributed by atoms with E-state index in [4.69, 9.17) is 16.3 Å². The van der Waals surface area contributed by atoms with Gasteiger partial charge in [0.15, 0.2) is 0 Å². The van der Waals surface area contributed by atoms with Crippen molar-refractivity contribution in [1.82, 2.24) is 10.2 Å². The Morgan fingerprint density at radius 1 is 1.48 bits per heavy atom. The van der Waals surface area contributed by atoms with E-state index in [9.17, 15) is 4.79 Å². The van der Waals surface area contributed by atoms with Gasteiger partial charge < -0.3 is 15.0 Å². The fourth-order valence-electron chi connectivity index (χ4n) is 2.33. The maximum atomic E-state index is 12.0. The molecule has 0 aliphatic carbocycles. The monoisotopic (exact) mass is 374 g/mol. The normalized spacial score (nSPS) is 16.8. The lowest BCUT2D eigenvalue weighted by Crippen LogP contribution is -2.41. The highest BCUT2D eigenvalue weighted by atomic mass is 79.9. The lowest BCUT2D eigenvalue weighted by Gasteiger charge is -2.27. The molecular weight excluding hydrogens is 356 g/mol. The molecule has 1 heterocycles. The number of hydrogen-bond acceptors (Lipinski definition) is 3. The Morgan fingerprint density at radius 2 is 2.19 bits per heavy atom. The molecule has 0 bridgehead atoms. The number of halogens is 2. The van der Waals surface area contributed by atoms with Crippen molar-refractivity contribution in [1.29, 1.82) is 0 Å². The van der Waals surface area contributed by atoms with E-state index < -0.39 is 0 Å². The van der Waals surface area contributed by atoms with E-state index in [1.807, 2.05) is 30.0 Å². The van der Waals surface area contributed by atoms with Crippen LogP contribution in [0.15, 0.2) is 22.7 Å². The number of benzene rings is 1. The highest BCUT2D eigenvalue weighted by molar-refractivity contribution is 9.10. The van der Waals surface area contributed by atoms with Crippen LogP contribution in [0.25, 0.3) is 0 Å². The molecule has 21 heavy (non-hydrogen) atoms. The second-order valence-corrected chi connectivity index (χ2v) is 6.41. The summed E-state index contributed by atoms with van der Waals surface area (Å²) in [6.07, 6.45) is 0.498. The van der Waals surface area contributed by atoms with Gasteiger partial charge in [0.2, 0.25) is 5.91 Å². The molecule has 0 radical (unpaired) electrons. The third-order valence-corrected chi connectivity index (χ3v) is 4.40. The number of ether oxygens (including phenoxy) is 1. The Labute approximate surface area is 138 Å². The molecule has 1 N–H and O–H groups in total. The molecule has 1 aromatic rings. The Bertz CT molecular complexity index is 493. The molecule has 1 atom stereocenters. The van der Waals surface area contributed by atoms with Gasteiger partial charge in [0, 0.05) is 41.6 Å². The third-order valence-electron chi connectivity index (χ3n) is 3.58. The third kappa shape index (κ3) is 4.95. The predicted molar refractivity (Wildman–Crippen MR) is 87.6 cm³/mol. The molecule has 1 unspecified atom stereocenters. The van der Waals surface area contributed by atoms with Gasteiger partial charge in [-0.1, -0.05) is 33.6 Å². The van der Waals surface area contributed by atoms with E-state index in [1.54, 1.807) is 0 Å². The van der Waals surface area contributed by atoms with E-state index in [0.29, 0.717) is 39.3 Å². The summed E-state index contributed by atoms with van der Waals surface area (Å²) in [5, 5.41) is 4.08. The van der Waals surface area contributed by atoms with Crippen molar-refractivity contribution < 1.29 is 9.53 Å². The zero-order chi connectivity index (χ0) is 15.2. The van der Waals surface area contributed by atoms with Crippen LogP contribution in [-0.2, 0) is 9.53 Å². The number of hydrogen-bond donors (Lipinski definition) is 1. The van der Waals surface area contributed by atoms with Crippen LogP contribution in [0.4, 0.5) is 0 Å². The maximum absolute atomic E-state index is 12.0. The molecule has 2 rings (SSSR count). The Morgan fingerprint density at radius 3 is 2.86 bits per heavy atom. The number of rotatable bonds is 5. The van der Waals surface area contributed by atoms with E-state index in [-0.39, 0.29) is 11.9 Å². The Kier molecular flexibility index (Phi) is 6.48. The largest absolute Gasteiger partial charge is 0.378 e. The standard InChI is InChI=1S/C15H20BrClN2O2/c1-11(13-3-2-12(16)10-14(13)17)18-5-4-15(20)19-6-8-21-9-7-19/h2-3,10-11,18H,4-9H2,1H3. The summed E-state index contributed by atoms with van der Waals surface area (Å²) < 4.78 is 6.21. The quantitative estimate of drug-likeness (QED) is 0.860. The molecule has 0 saturated carbocycles. The topological polar surface area (TPSA) is 41.6 Å². The second-order valence-electron chi connectivity index (χ2n) is 5.08. The average Bonchev–Trinajstić information content (AvgIpc) is 2.47. The minimum atomic E-state index is 0.114. The Hall–Kier alpha value is -0.620. The van der Waals surface area contributed by atoms with Crippen LogP contribution in [0, 0.1) is 0 Å². The minimum Gasteiger partial charge on any atom is -0.378 e. The smallest absolute Gasteiger partial charge is 0.224 e. The van der Waals surface area contributed by atoms with Crippen LogP contribution in [0.3, 0.4) is 0 Å². The van der Waals surface area contributed by atoms with Crippen LogP contribution in [0.5, 0.6) is 0 Å². The predicted octanol–water partition coefficient (Wildman–Crippen LogP) is 3.00. The van der Waals surface area contributed by atoms with E-state index in [0.717, 1.165) is 15.1 Å². The van der Waals surface area contributed by atoms with Crippen molar-refractivity contribution in [2.75, 3.05) is 32.8 Å². The van der Waals surface area contributed by atoms with Gasteiger partial charge in [-0.2, -0.15) is 0 Å². The summed E-state index contributed by atoms with van der Waals surface area (Å²) in [6.45, 7) is 5.38. The lowest BCUT2D eigenvalue weighted by atomic mass is 10.1. The highest BCUT2D eigenvalue weighted by Crippen LogP contribution is 2.26. The van der Waals surface area contributed by atoms with Crippen molar-refractivity contribution in [2.45, 2.75) is 19.4 Å². The van der Waals surface area contributed by atoms with Gasteiger partial charge in [-0.15, -0.1) is 0 Å². The molecule has 116 valence electrons. The van der Waals surface area contributed by atoms with Crippen molar-refractivity contribution in [3.63, 3.8) is 0 Å². The summed E-state index contributed by atoms with van der Waals surface area (Å²) in [7, 11) is 0. The molecule has 1 amide bonds. The minimum absolute atomic E-state index is 0.114. The first-order valence-electron chi connectivity index (χ1n) is 7.12. The zero-order valence-electron chi connectivity index (χ0n) is 12.1. The second kappa shape index (κ2) is 8.13. The van der Waals surface area contributed by atoms with Crippen molar-refractivity contribution in [3.05, 3.63) is 33.3 Å². The van der Waals surface area contributed by atoms with E-state index in [1.165, 1.54) is 0 Å². The van der Waals surface area contributed by atoms with Crippen molar-refractivity contribution in [2.24, 2.45) is 0 Å². The number of morpholine rings is 1. The summed E-state index contributed by atoms with van der Waals surface area (Å²) in [4.78, 5) is 13.9. The molecule has 1 saturated heterocycles. The van der Waals surface area contributed by atoms with Crippen LogP contribution in [0.2, 0.25) is 5.02 Å². The zero-order valence-corrected chi connectivity index (χ0v) is 14.4. The SMILES string of the molecule is CC(NCCC(=O)N1CCOCC1)c1ccc(Br)cc1Cl. The molecule has 1 aliphatic rings. The van der Waals surface area contributed by atoms with Crippen LogP contribution in [-0.4, -0.2) is 43.7 Å². The highest BCUT2D eigenvalue weighted by Gasteiger charge is 2.17. The molecule has 4 nitrogen and oxygen atoms in total. The molecule has 1 aliphatic heterocycles. The fourth-order valence-corrected chi connectivity index (χ4v) is 3.17. The number of carbonyl (C=O) groups is 1. The lowest BCUT2D eigenvalue weighted by molar-refractivity contribution is -0.135. The molecular formula is C15H20BrClN2O2. The number of amides is 1. The van der Waals surface area contributed by atoms with Gasteiger partial charge in [-0.05, 0) is 24.6 Å². The molecule has 1 aromatic carbocycles. The van der Waals surface area contributed by atoms with Gasteiger partial charge in [-0.25, -0.2) is 0 Å². The fraction of sp³-hybridized carbons (Fsp3) is 0.533. The summed E-state index contributed by atoms with van der Waals surface area (Å²) >= 11 is 9.62. The summed E-state index contributed by atoms with van der Waals surface area (Å²) in [5.41, 5.74) is 1.04. The van der Waals surface area contributed by atoms with Crippen LogP contribution < -0.4 is 5.32 Å². The maximum Gasteiger partial charge on any atom is 0.224 e. The van der Waals surface area contributed by atoms with Gasteiger partial charge in [0.05, 0.1) is 13.2 Å². The first-order valence-corrected chi connectivity index (χ1v) is 8.29. The van der Waals surface area contributed by atoms with Crippen molar-refractivity contribution in [3.8, 4) is 0 Å². The molecule has 1 fully saturated rings. The average molecular weight is 376 g/mol. The number of carbonyl (C=O) groups excluding carboxylic acids is 1.